The largest absolute Gasteiger partial charge is 0.494 e. The van der Waals surface area contributed by atoms with Crippen LogP contribution in [0.15, 0.2) is 75.9 Å². The van der Waals surface area contributed by atoms with Gasteiger partial charge in [-0.3, -0.25) is 4.79 Å². The third-order valence-electron chi connectivity index (χ3n) is 5.43. The van der Waals surface area contributed by atoms with Crippen molar-refractivity contribution in [2.45, 2.75) is 25.7 Å². The number of hydrogen-bond acceptors (Lipinski definition) is 6. The van der Waals surface area contributed by atoms with Gasteiger partial charge in [0.05, 0.1) is 24.3 Å². The van der Waals surface area contributed by atoms with Gasteiger partial charge in [-0.25, -0.2) is 4.39 Å². The average molecular weight is 463 g/mol. The number of fused-ring (bicyclic) bond motifs is 1. The molecule has 0 saturated heterocycles. The van der Waals surface area contributed by atoms with E-state index < -0.39 is 5.82 Å². The van der Waals surface area contributed by atoms with E-state index in [9.17, 15) is 9.18 Å². The Balaban J connectivity index is 1.20. The summed E-state index contributed by atoms with van der Waals surface area (Å²) in [6.07, 6.45) is 3.90. The first-order valence-corrected chi connectivity index (χ1v) is 11.2. The van der Waals surface area contributed by atoms with Gasteiger partial charge in [-0.1, -0.05) is 0 Å². The molecular formula is C27H27FN2O4. The number of anilines is 2. The molecular weight excluding hydrogens is 435 g/mol. The van der Waals surface area contributed by atoms with Crippen LogP contribution in [0.4, 0.5) is 15.8 Å². The highest BCUT2D eigenvalue weighted by Gasteiger charge is 2.08. The Kier molecular flexibility index (Phi) is 7.32. The van der Waals surface area contributed by atoms with Crippen molar-refractivity contribution in [1.82, 2.24) is 0 Å². The molecule has 34 heavy (non-hydrogen) atoms. The summed E-state index contributed by atoms with van der Waals surface area (Å²) in [5, 5.41) is 0.226. The van der Waals surface area contributed by atoms with Gasteiger partial charge in [0.25, 0.3) is 0 Å². The first-order valence-electron chi connectivity index (χ1n) is 11.2. The third-order valence-corrected chi connectivity index (χ3v) is 5.43. The molecule has 0 bridgehead atoms. The minimum Gasteiger partial charge on any atom is -0.494 e. The molecule has 0 aliphatic heterocycles. The fraction of sp³-hybridized carbons (Fsp3) is 0.222. The molecule has 0 saturated carbocycles. The smallest absolute Gasteiger partial charge is 0.193 e. The molecule has 3 aromatic carbocycles. The van der Waals surface area contributed by atoms with E-state index in [-0.39, 0.29) is 10.8 Å². The molecule has 6 nitrogen and oxygen atoms in total. The molecule has 0 unspecified atom stereocenters. The van der Waals surface area contributed by atoms with Crippen LogP contribution in [0.1, 0.15) is 25.7 Å². The molecule has 0 radical (unpaired) electrons. The lowest BCUT2D eigenvalue weighted by molar-refractivity contribution is 0.288. The maximum absolute atomic E-state index is 13.4. The first kappa shape index (κ1) is 23.2. The lowest BCUT2D eigenvalue weighted by atomic mass is 10.1. The van der Waals surface area contributed by atoms with Crippen LogP contribution >= 0.6 is 0 Å². The summed E-state index contributed by atoms with van der Waals surface area (Å²) in [6, 6.07) is 17.9. The van der Waals surface area contributed by atoms with Gasteiger partial charge in [0.2, 0.25) is 0 Å². The zero-order chi connectivity index (χ0) is 23.9. The van der Waals surface area contributed by atoms with Crippen molar-refractivity contribution in [2.24, 2.45) is 0 Å². The highest BCUT2D eigenvalue weighted by molar-refractivity contribution is 5.78. The normalized spacial score (nSPS) is 11.0. The molecule has 4 aromatic rings. The molecule has 4 N–H and O–H groups in total. The van der Waals surface area contributed by atoms with Gasteiger partial charge < -0.3 is 25.4 Å². The van der Waals surface area contributed by atoms with E-state index in [1.807, 2.05) is 24.3 Å². The predicted molar refractivity (Wildman–Crippen MR) is 133 cm³/mol. The van der Waals surface area contributed by atoms with Crippen molar-refractivity contribution >= 4 is 22.3 Å². The molecule has 0 amide bonds. The van der Waals surface area contributed by atoms with Crippen molar-refractivity contribution in [3.8, 4) is 22.8 Å². The highest BCUT2D eigenvalue weighted by atomic mass is 19.1. The summed E-state index contributed by atoms with van der Waals surface area (Å²) in [6.45, 7) is 1.20. The van der Waals surface area contributed by atoms with Crippen molar-refractivity contribution < 1.29 is 18.3 Å². The van der Waals surface area contributed by atoms with Gasteiger partial charge in [0.1, 0.15) is 28.7 Å². The van der Waals surface area contributed by atoms with E-state index in [1.165, 1.54) is 24.3 Å². The number of nitrogens with two attached hydrogens (primary N) is 2. The Labute approximate surface area is 196 Å². The van der Waals surface area contributed by atoms with E-state index in [1.54, 1.807) is 18.2 Å². The highest BCUT2D eigenvalue weighted by Crippen LogP contribution is 2.26. The standard InChI is InChI=1S/C27H27FN2O4/c28-19-7-12-25-22(15-19)24(31)17-26(34-25)18-5-9-21(10-6-18)32-13-3-1-2-4-14-33-27-16-20(29)8-11-23(27)30/h5-12,15-17H,1-4,13-14,29-30H2. The summed E-state index contributed by atoms with van der Waals surface area (Å²) < 4.78 is 30.7. The Morgan fingerprint density at radius 3 is 2.29 bits per heavy atom. The molecule has 0 spiro atoms. The van der Waals surface area contributed by atoms with Crippen LogP contribution in [-0.4, -0.2) is 13.2 Å². The molecule has 0 atom stereocenters. The van der Waals surface area contributed by atoms with E-state index in [0.29, 0.717) is 41.7 Å². The van der Waals surface area contributed by atoms with E-state index in [2.05, 4.69) is 0 Å². The fourth-order valence-electron chi connectivity index (χ4n) is 3.59. The van der Waals surface area contributed by atoms with Gasteiger partial charge >= 0.3 is 0 Å². The Bertz CT molecular complexity index is 1320. The van der Waals surface area contributed by atoms with Gasteiger partial charge in [-0.15, -0.1) is 0 Å². The summed E-state index contributed by atoms with van der Waals surface area (Å²) in [5.41, 5.74) is 13.7. The summed E-state index contributed by atoms with van der Waals surface area (Å²) in [5.74, 6) is 1.33. The van der Waals surface area contributed by atoms with Crippen LogP contribution in [0.5, 0.6) is 11.5 Å². The number of benzene rings is 3. The Morgan fingerprint density at radius 1 is 0.794 bits per heavy atom. The van der Waals surface area contributed by atoms with E-state index in [0.717, 1.165) is 37.0 Å². The van der Waals surface area contributed by atoms with Crippen LogP contribution in [0.3, 0.4) is 0 Å². The van der Waals surface area contributed by atoms with Crippen LogP contribution in [0.25, 0.3) is 22.3 Å². The van der Waals surface area contributed by atoms with Gasteiger partial charge in [0, 0.05) is 23.4 Å². The number of halogens is 1. The zero-order valence-electron chi connectivity index (χ0n) is 18.8. The molecule has 0 fully saturated rings. The maximum Gasteiger partial charge on any atom is 0.193 e. The van der Waals surface area contributed by atoms with Crippen molar-refractivity contribution in [2.75, 3.05) is 24.7 Å². The second-order valence-corrected chi connectivity index (χ2v) is 8.05. The molecule has 0 aliphatic carbocycles. The molecule has 1 heterocycles. The zero-order valence-corrected chi connectivity index (χ0v) is 18.8. The van der Waals surface area contributed by atoms with Crippen molar-refractivity contribution in [3.05, 3.63) is 82.8 Å². The Hall–Kier alpha value is -4.00. The van der Waals surface area contributed by atoms with Crippen LogP contribution in [-0.2, 0) is 0 Å². The number of ether oxygens (including phenoxy) is 2. The molecule has 1 aromatic heterocycles. The minimum absolute atomic E-state index is 0.226. The summed E-state index contributed by atoms with van der Waals surface area (Å²) in [7, 11) is 0. The summed E-state index contributed by atoms with van der Waals surface area (Å²) >= 11 is 0. The predicted octanol–water partition coefficient (Wildman–Crippen LogP) is 5.78. The van der Waals surface area contributed by atoms with Crippen molar-refractivity contribution in [1.29, 1.82) is 0 Å². The van der Waals surface area contributed by atoms with Crippen LogP contribution < -0.4 is 26.4 Å². The molecule has 7 heteroatoms. The number of unbranched alkanes of at least 4 members (excludes halogenated alkanes) is 3. The lowest BCUT2D eigenvalue weighted by Crippen LogP contribution is -2.02. The average Bonchev–Trinajstić information content (AvgIpc) is 2.83. The number of nitrogen functional groups attached to an aromatic ring is 2. The van der Waals surface area contributed by atoms with Gasteiger partial charge in [-0.05, 0) is 80.3 Å². The molecule has 4 rings (SSSR count). The quantitative estimate of drug-likeness (QED) is 0.229. The molecule has 0 aliphatic rings. The maximum atomic E-state index is 13.4. The topological polar surface area (TPSA) is 101 Å². The van der Waals surface area contributed by atoms with Gasteiger partial charge in [-0.2, -0.15) is 0 Å². The monoisotopic (exact) mass is 462 g/mol. The number of hydrogen-bond donors (Lipinski definition) is 2. The number of rotatable bonds is 10. The third kappa shape index (κ3) is 5.86. The second-order valence-electron chi connectivity index (χ2n) is 8.05. The fourth-order valence-corrected chi connectivity index (χ4v) is 3.59. The van der Waals surface area contributed by atoms with E-state index in [4.69, 9.17) is 25.4 Å². The summed E-state index contributed by atoms with van der Waals surface area (Å²) in [4.78, 5) is 12.3. The van der Waals surface area contributed by atoms with E-state index >= 15 is 0 Å². The minimum atomic E-state index is -0.467. The van der Waals surface area contributed by atoms with Crippen LogP contribution in [0, 0.1) is 5.82 Å². The molecule has 176 valence electrons. The first-order chi connectivity index (χ1) is 16.5. The SMILES string of the molecule is Nc1ccc(N)c(OCCCCCCOc2ccc(-c3cc(=O)c4cc(F)ccc4o3)cc2)c1. The Morgan fingerprint density at radius 2 is 1.53 bits per heavy atom. The second kappa shape index (κ2) is 10.7. The van der Waals surface area contributed by atoms with Gasteiger partial charge in [0.15, 0.2) is 5.43 Å². The van der Waals surface area contributed by atoms with Crippen LogP contribution in [0.2, 0.25) is 0 Å². The lowest BCUT2D eigenvalue weighted by Gasteiger charge is -2.10. The van der Waals surface area contributed by atoms with Crippen molar-refractivity contribution in [3.63, 3.8) is 0 Å².